The summed E-state index contributed by atoms with van der Waals surface area (Å²) in [6, 6.07) is 4.29. The summed E-state index contributed by atoms with van der Waals surface area (Å²) in [5, 5.41) is 0. The first-order valence-electron chi connectivity index (χ1n) is 8.02. The van der Waals surface area contributed by atoms with Gasteiger partial charge >= 0.3 is 0 Å². The van der Waals surface area contributed by atoms with Gasteiger partial charge in [-0.3, -0.25) is 4.90 Å². The molecular weight excluding hydrogens is 260 g/mol. The van der Waals surface area contributed by atoms with Gasteiger partial charge in [0.25, 0.3) is 0 Å². The maximum atomic E-state index is 5.84. The molecule has 1 aromatic rings. The summed E-state index contributed by atoms with van der Waals surface area (Å²) in [4.78, 5) is 9.78. The van der Waals surface area contributed by atoms with Crippen LogP contribution in [0.5, 0.6) is 0 Å². The monoisotopic (exact) mass is 290 g/mol. The van der Waals surface area contributed by atoms with Crippen LogP contribution in [-0.4, -0.2) is 41.6 Å². The highest BCUT2D eigenvalue weighted by Crippen LogP contribution is 2.23. The van der Waals surface area contributed by atoms with Gasteiger partial charge in [0.2, 0.25) is 0 Å². The Hall–Kier alpha value is -1.13. The Morgan fingerprint density at radius 2 is 1.76 bits per heavy atom. The number of nitrogens with two attached hydrogens (primary N) is 1. The Balaban J connectivity index is 2.14. The van der Waals surface area contributed by atoms with Crippen LogP contribution >= 0.6 is 0 Å². The van der Waals surface area contributed by atoms with E-state index in [-0.39, 0.29) is 5.54 Å². The first-order valence-corrected chi connectivity index (χ1v) is 8.02. The molecule has 2 heterocycles. The molecule has 0 saturated carbocycles. The lowest BCUT2D eigenvalue weighted by Gasteiger charge is -2.42. The molecule has 1 aliphatic heterocycles. The van der Waals surface area contributed by atoms with Crippen LogP contribution in [0.25, 0.3) is 0 Å². The van der Waals surface area contributed by atoms with E-state index in [1.807, 2.05) is 0 Å². The van der Waals surface area contributed by atoms with Crippen molar-refractivity contribution in [3.8, 4) is 0 Å². The van der Waals surface area contributed by atoms with Gasteiger partial charge in [0.15, 0.2) is 0 Å². The number of piperazine rings is 1. The summed E-state index contributed by atoms with van der Waals surface area (Å²) in [6.07, 6.45) is 0. The molecule has 1 aliphatic rings. The second-order valence-corrected chi connectivity index (χ2v) is 7.26. The molecule has 0 atom stereocenters. The minimum Gasteiger partial charge on any atom is -0.354 e. The third kappa shape index (κ3) is 3.95. The third-order valence-corrected chi connectivity index (χ3v) is 4.27. The van der Waals surface area contributed by atoms with Gasteiger partial charge in [-0.15, -0.1) is 0 Å². The van der Waals surface area contributed by atoms with Gasteiger partial charge in [0, 0.05) is 44.0 Å². The van der Waals surface area contributed by atoms with E-state index >= 15 is 0 Å². The lowest BCUT2D eigenvalue weighted by Crippen LogP contribution is -2.53. The maximum Gasteiger partial charge on any atom is 0.129 e. The summed E-state index contributed by atoms with van der Waals surface area (Å²) < 4.78 is 0. The van der Waals surface area contributed by atoms with E-state index in [0.717, 1.165) is 37.7 Å². The van der Waals surface area contributed by atoms with Crippen LogP contribution in [0.1, 0.15) is 51.8 Å². The van der Waals surface area contributed by atoms with Crippen molar-refractivity contribution in [3.05, 3.63) is 23.4 Å². The molecule has 0 amide bonds. The van der Waals surface area contributed by atoms with Crippen LogP contribution < -0.4 is 10.6 Å². The van der Waals surface area contributed by atoms with Crippen LogP contribution in [0, 0.1) is 0 Å². The van der Waals surface area contributed by atoms with Gasteiger partial charge in [-0.2, -0.15) is 0 Å². The molecule has 4 heteroatoms. The normalized spacial score (nSPS) is 17.6. The number of nitrogens with zero attached hydrogens (tertiary/aromatic N) is 3. The zero-order valence-electron chi connectivity index (χ0n) is 14.2. The Bertz CT molecular complexity index is 468. The highest BCUT2D eigenvalue weighted by molar-refractivity contribution is 5.44. The zero-order chi connectivity index (χ0) is 15.6. The molecule has 2 N–H and O–H groups in total. The van der Waals surface area contributed by atoms with Crippen molar-refractivity contribution in [2.24, 2.45) is 5.73 Å². The Morgan fingerprint density at radius 3 is 2.24 bits per heavy atom. The zero-order valence-corrected chi connectivity index (χ0v) is 14.2. The fraction of sp³-hybridized carbons (Fsp3) is 0.706. The molecule has 1 saturated heterocycles. The molecule has 1 fully saturated rings. The van der Waals surface area contributed by atoms with Gasteiger partial charge in [0.05, 0.1) is 0 Å². The van der Waals surface area contributed by atoms with Crippen LogP contribution in [0.4, 0.5) is 5.82 Å². The minimum absolute atomic E-state index is 0.252. The van der Waals surface area contributed by atoms with Crippen molar-refractivity contribution < 1.29 is 0 Å². The van der Waals surface area contributed by atoms with Gasteiger partial charge < -0.3 is 10.6 Å². The predicted octanol–water partition coefficient (Wildman–Crippen LogP) is 2.58. The van der Waals surface area contributed by atoms with E-state index in [4.69, 9.17) is 10.7 Å². The summed E-state index contributed by atoms with van der Waals surface area (Å²) in [7, 11) is 0. The molecule has 2 rings (SSSR count). The number of rotatable bonds is 3. The van der Waals surface area contributed by atoms with Gasteiger partial charge in [-0.05, 0) is 44.4 Å². The molecule has 21 heavy (non-hydrogen) atoms. The maximum absolute atomic E-state index is 5.84. The van der Waals surface area contributed by atoms with Gasteiger partial charge in [0.1, 0.15) is 5.82 Å². The van der Waals surface area contributed by atoms with E-state index < -0.39 is 0 Å². The van der Waals surface area contributed by atoms with E-state index in [2.05, 4.69) is 56.6 Å². The highest BCUT2D eigenvalue weighted by atomic mass is 15.3. The van der Waals surface area contributed by atoms with Crippen molar-refractivity contribution in [2.75, 3.05) is 31.1 Å². The highest BCUT2D eigenvalue weighted by Gasteiger charge is 2.26. The second-order valence-electron chi connectivity index (χ2n) is 7.26. The Morgan fingerprint density at radius 1 is 1.14 bits per heavy atom. The molecule has 0 aromatic carbocycles. The van der Waals surface area contributed by atoms with Crippen molar-refractivity contribution >= 4 is 5.82 Å². The average molecular weight is 290 g/mol. The predicted molar refractivity (Wildman–Crippen MR) is 89.8 cm³/mol. The number of hydrogen-bond donors (Lipinski definition) is 1. The smallest absolute Gasteiger partial charge is 0.129 e. The number of anilines is 1. The summed E-state index contributed by atoms with van der Waals surface area (Å²) in [5.74, 6) is 1.53. The summed E-state index contributed by atoms with van der Waals surface area (Å²) in [5.41, 5.74) is 8.42. The van der Waals surface area contributed by atoms with Crippen molar-refractivity contribution in [1.29, 1.82) is 0 Å². The fourth-order valence-corrected chi connectivity index (χ4v) is 2.78. The largest absolute Gasteiger partial charge is 0.354 e. The Kier molecular flexibility index (Phi) is 4.89. The molecule has 1 aromatic heterocycles. The standard InChI is InChI=1S/C17H30N4/c1-13(2)15-10-14(12-18)11-16(19-15)20-6-8-21(9-7-20)17(3,4)5/h10-11,13H,6-9,12,18H2,1-5H3. The molecular formula is C17H30N4. The second kappa shape index (κ2) is 6.32. The van der Waals surface area contributed by atoms with Crippen LogP contribution in [0.2, 0.25) is 0 Å². The fourth-order valence-electron chi connectivity index (χ4n) is 2.78. The third-order valence-electron chi connectivity index (χ3n) is 4.27. The topological polar surface area (TPSA) is 45.4 Å². The number of pyridine rings is 1. The van der Waals surface area contributed by atoms with E-state index in [9.17, 15) is 0 Å². The van der Waals surface area contributed by atoms with E-state index in [1.165, 1.54) is 5.56 Å². The van der Waals surface area contributed by atoms with Crippen molar-refractivity contribution in [3.63, 3.8) is 0 Å². The Labute approximate surface area is 129 Å². The van der Waals surface area contributed by atoms with E-state index in [1.54, 1.807) is 0 Å². The molecule has 0 aliphatic carbocycles. The molecule has 0 bridgehead atoms. The summed E-state index contributed by atoms with van der Waals surface area (Å²) in [6.45, 7) is 16.1. The molecule has 118 valence electrons. The van der Waals surface area contributed by atoms with Gasteiger partial charge in [-0.25, -0.2) is 4.98 Å². The number of hydrogen-bond acceptors (Lipinski definition) is 4. The van der Waals surface area contributed by atoms with Crippen molar-refractivity contribution in [2.45, 2.75) is 52.6 Å². The lowest BCUT2D eigenvalue weighted by atomic mass is 10.0. The average Bonchev–Trinajstić information content (AvgIpc) is 2.46. The lowest BCUT2D eigenvalue weighted by molar-refractivity contribution is 0.128. The van der Waals surface area contributed by atoms with Gasteiger partial charge in [-0.1, -0.05) is 13.8 Å². The minimum atomic E-state index is 0.252. The molecule has 0 radical (unpaired) electrons. The van der Waals surface area contributed by atoms with Crippen molar-refractivity contribution in [1.82, 2.24) is 9.88 Å². The molecule has 0 spiro atoms. The SMILES string of the molecule is CC(C)c1cc(CN)cc(N2CCN(C(C)(C)C)CC2)n1. The molecule has 0 unspecified atom stereocenters. The van der Waals surface area contributed by atoms with Crippen LogP contribution in [0.3, 0.4) is 0 Å². The number of aromatic nitrogens is 1. The molecule has 4 nitrogen and oxygen atoms in total. The quantitative estimate of drug-likeness (QED) is 0.929. The summed E-state index contributed by atoms with van der Waals surface area (Å²) >= 11 is 0. The van der Waals surface area contributed by atoms with E-state index in [0.29, 0.717) is 12.5 Å². The first-order chi connectivity index (χ1) is 9.81. The first kappa shape index (κ1) is 16.2. The van der Waals surface area contributed by atoms with Crippen LogP contribution in [0.15, 0.2) is 12.1 Å². The van der Waals surface area contributed by atoms with Crippen LogP contribution in [-0.2, 0) is 6.54 Å².